The van der Waals surface area contributed by atoms with Gasteiger partial charge in [-0.1, -0.05) is 22.9 Å². The van der Waals surface area contributed by atoms with Gasteiger partial charge in [0, 0.05) is 16.2 Å². The highest BCUT2D eigenvalue weighted by Gasteiger charge is 2.25. The predicted molar refractivity (Wildman–Crippen MR) is 87.5 cm³/mol. The summed E-state index contributed by atoms with van der Waals surface area (Å²) in [5, 5.41) is 11.7. The van der Waals surface area contributed by atoms with Crippen LogP contribution in [-0.4, -0.2) is 15.6 Å². The van der Waals surface area contributed by atoms with Gasteiger partial charge in [0.05, 0.1) is 10.9 Å². The van der Waals surface area contributed by atoms with Crippen molar-refractivity contribution >= 4 is 51.0 Å². The molecule has 0 saturated carbocycles. The summed E-state index contributed by atoms with van der Waals surface area (Å²) in [5.74, 6) is -0.281. The molecule has 3 rings (SSSR count). The fourth-order valence-electron chi connectivity index (χ4n) is 2.29. The second kappa shape index (κ2) is 5.47. The third-order valence-corrected chi connectivity index (χ3v) is 5.16. The molecule has 0 saturated heterocycles. The molecule has 0 bridgehead atoms. The lowest BCUT2D eigenvalue weighted by Gasteiger charge is -2.02. The van der Waals surface area contributed by atoms with Gasteiger partial charge in [0.15, 0.2) is 3.95 Å². The van der Waals surface area contributed by atoms with Gasteiger partial charge in [0.2, 0.25) is 5.88 Å². The first-order valence-corrected chi connectivity index (χ1v) is 8.40. The van der Waals surface area contributed by atoms with Crippen molar-refractivity contribution in [2.45, 2.75) is 19.9 Å². The molecule has 2 heterocycles. The number of nitrogens with zero attached hydrogens (tertiary/aromatic N) is 2. The normalized spacial score (nSPS) is 13.4. The van der Waals surface area contributed by atoms with Crippen LogP contribution in [0.1, 0.15) is 18.2 Å². The van der Waals surface area contributed by atoms with Gasteiger partial charge in [-0.2, -0.15) is 0 Å². The van der Waals surface area contributed by atoms with Gasteiger partial charge in [0.1, 0.15) is 4.88 Å². The van der Waals surface area contributed by atoms with Gasteiger partial charge in [-0.3, -0.25) is 9.36 Å². The van der Waals surface area contributed by atoms with Crippen LogP contribution in [0.25, 0.3) is 5.57 Å². The molecule has 21 heavy (non-hydrogen) atoms. The molecule has 1 N–H and O–H groups in total. The average Bonchev–Trinajstić information content (AvgIpc) is 2.89. The Morgan fingerprint density at radius 2 is 2.24 bits per heavy atom. The number of aromatic nitrogens is 1. The van der Waals surface area contributed by atoms with Crippen LogP contribution >= 0.6 is 39.5 Å². The van der Waals surface area contributed by atoms with E-state index in [1.165, 1.54) is 11.3 Å². The van der Waals surface area contributed by atoms with E-state index in [9.17, 15) is 9.90 Å². The highest BCUT2D eigenvalue weighted by Crippen LogP contribution is 2.32. The molecule has 0 aliphatic carbocycles. The molecule has 1 aliphatic rings. The van der Waals surface area contributed by atoms with Crippen LogP contribution in [0.2, 0.25) is 0 Å². The second-order valence-corrected chi connectivity index (χ2v) is 7.19. The zero-order valence-electron chi connectivity index (χ0n) is 11.1. The fourth-order valence-corrected chi connectivity index (χ4v) is 4.04. The Labute approximate surface area is 138 Å². The van der Waals surface area contributed by atoms with Gasteiger partial charge >= 0.3 is 0 Å². The van der Waals surface area contributed by atoms with Gasteiger partial charge < -0.3 is 5.11 Å². The number of hydrogen-bond acceptors (Lipinski definition) is 4. The van der Waals surface area contributed by atoms with Crippen LogP contribution in [0.4, 0.5) is 0 Å². The maximum Gasteiger partial charge on any atom is 0.279 e. The summed E-state index contributed by atoms with van der Waals surface area (Å²) >= 11 is 9.92. The highest BCUT2D eigenvalue weighted by atomic mass is 79.9. The minimum atomic E-state index is -0.335. The third-order valence-electron chi connectivity index (χ3n) is 3.21. The Morgan fingerprint density at radius 1 is 1.48 bits per heavy atom. The van der Waals surface area contributed by atoms with E-state index in [2.05, 4.69) is 20.9 Å². The predicted octanol–water partition coefficient (Wildman–Crippen LogP) is 2.52. The Morgan fingerprint density at radius 3 is 2.95 bits per heavy atom. The molecule has 1 aromatic heterocycles. The summed E-state index contributed by atoms with van der Waals surface area (Å²) in [5.41, 5.74) is 0.426. The first-order chi connectivity index (χ1) is 10.0. The third kappa shape index (κ3) is 2.39. The summed E-state index contributed by atoms with van der Waals surface area (Å²) in [4.78, 5) is 16.7. The van der Waals surface area contributed by atoms with Crippen molar-refractivity contribution in [1.29, 1.82) is 0 Å². The summed E-state index contributed by atoms with van der Waals surface area (Å²) < 4.78 is 3.08. The molecule has 0 radical (unpaired) electrons. The summed E-state index contributed by atoms with van der Waals surface area (Å²) in [7, 11) is 0. The van der Waals surface area contributed by atoms with Crippen LogP contribution in [-0.2, 0) is 11.3 Å². The largest absolute Gasteiger partial charge is 0.493 e. The van der Waals surface area contributed by atoms with E-state index in [1.54, 1.807) is 10.6 Å². The average molecular weight is 383 g/mol. The van der Waals surface area contributed by atoms with Crippen molar-refractivity contribution in [3.8, 4) is 5.88 Å². The number of amides is 1. The van der Waals surface area contributed by atoms with Gasteiger partial charge in [-0.05, 0) is 36.8 Å². The number of carbonyl (C=O) groups excluding carboxylic acids is 1. The second-order valence-electron chi connectivity index (χ2n) is 4.63. The highest BCUT2D eigenvalue weighted by molar-refractivity contribution is 9.10. The first kappa shape index (κ1) is 14.6. The summed E-state index contributed by atoms with van der Waals surface area (Å²) in [6.07, 6.45) is 0.855. The minimum Gasteiger partial charge on any atom is -0.493 e. The lowest BCUT2D eigenvalue weighted by molar-refractivity contribution is -0.112. The molecule has 4 nitrogen and oxygen atoms in total. The maximum atomic E-state index is 12.2. The van der Waals surface area contributed by atoms with E-state index in [0.29, 0.717) is 26.3 Å². The van der Waals surface area contributed by atoms with Gasteiger partial charge in [-0.25, -0.2) is 4.99 Å². The molecular formula is C14H11BrN2O2S2. The number of fused-ring (bicyclic) bond motifs is 1. The zero-order chi connectivity index (χ0) is 15.1. The van der Waals surface area contributed by atoms with Crippen molar-refractivity contribution in [2.75, 3.05) is 0 Å². The number of benzene rings is 1. The van der Waals surface area contributed by atoms with Crippen LogP contribution in [0.5, 0.6) is 5.88 Å². The van der Waals surface area contributed by atoms with E-state index in [1.807, 2.05) is 19.1 Å². The molecule has 1 aromatic carbocycles. The Balaban J connectivity index is 2.33. The van der Waals surface area contributed by atoms with Crippen molar-refractivity contribution in [1.82, 2.24) is 4.57 Å². The van der Waals surface area contributed by atoms with Crippen LogP contribution in [0, 0.1) is 3.95 Å². The number of aromatic hydroxyl groups is 1. The smallest absolute Gasteiger partial charge is 0.279 e. The molecule has 0 unspecified atom stereocenters. The maximum absolute atomic E-state index is 12.2. The van der Waals surface area contributed by atoms with Crippen LogP contribution in [0.3, 0.4) is 0 Å². The molecule has 0 fully saturated rings. The molecular weight excluding hydrogens is 372 g/mol. The Bertz CT molecular complexity index is 927. The molecule has 7 heteroatoms. The quantitative estimate of drug-likeness (QED) is 0.829. The fraction of sp³-hybridized carbons (Fsp3) is 0.214. The summed E-state index contributed by atoms with van der Waals surface area (Å²) in [6, 6.07) is 5.46. The first-order valence-electron chi connectivity index (χ1n) is 6.38. The lowest BCUT2D eigenvalue weighted by atomic mass is 10.1. The van der Waals surface area contributed by atoms with E-state index in [0.717, 1.165) is 16.1 Å². The molecule has 108 valence electrons. The van der Waals surface area contributed by atoms with E-state index in [-0.39, 0.29) is 11.8 Å². The zero-order valence-corrected chi connectivity index (χ0v) is 14.3. The molecule has 2 aromatic rings. The number of hydrogen-bond donors (Lipinski definition) is 1. The van der Waals surface area contributed by atoms with Crippen LogP contribution < -0.4 is 10.6 Å². The summed E-state index contributed by atoms with van der Waals surface area (Å²) in [6.45, 7) is 2.64. The van der Waals surface area contributed by atoms with Crippen molar-refractivity contribution in [3.63, 3.8) is 0 Å². The molecule has 1 aliphatic heterocycles. The topological polar surface area (TPSA) is 54.6 Å². The van der Waals surface area contributed by atoms with Crippen molar-refractivity contribution in [2.24, 2.45) is 4.99 Å². The number of carbonyl (C=O) groups is 1. The Hall–Kier alpha value is -1.31. The molecule has 1 amide bonds. The van der Waals surface area contributed by atoms with E-state index >= 15 is 0 Å². The SMILES string of the molecule is CCCn1c(O)c(C2=c3cc(Br)ccc3=NC2=O)sc1=S. The monoisotopic (exact) mass is 382 g/mol. The lowest BCUT2D eigenvalue weighted by Crippen LogP contribution is -2.22. The van der Waals surface area contributed by atoms with Gasteiger partial charge in [-0.15, -0.1) is 11.3 Å². The number of halogens is 1. The standard InChI is InChI=1S/C14H11BrN2O2S2/c1-2-5-17-13(19)11(21-14(17)20)10-8-6-7(15)3-4-9(8)16-12(10)18/h3-4,6,19H,2,5H2,1H3. The van der Waals surface area contributed by atoms with E-state index < -0.39 is 0 Å². The molecule has 0 spiro atoms. The number of rotatable bonds is 3. The van der Waals surface area contributed by atoms with Crippen LogP contribution in [0.15, 0.2) is 27.7 Å². The van der Waals surface area contributed by atoms with Gasteiger partial charge in [0.25, 0.3) is 5.91 Å². The number of thiazole rings is 1. The molecule has 0 atom stereocenters. The van der Waals surface area contributed by atoms with E-state index in [4.69, 9.17) is 12.2 Å². The van der Waals surface area contributed by atoms with Crippen molar-refractivity contribution in [3.05, 3.63) is 42.1 Å². The van der Waals surface area contributed by atoms with Crippen molar-refractivity contribution < 1.29 is 9.90 Å². The Kier molecular flexibility index (Phi) is 3.81. The minimum absolute atomic E-state index is 0.0539.